The summed E-state index contributed by atoms with van der Waals surface area (Å²) in [6.45, 7) is 4.44. The van der Waals surface area contributed by atoms with Gasteiger partial charge in [-0.1, -0.05) is 56.3 Å². The van der Waals surface area contributed by atoms with Crippen molar-refractivity contribution >= 4 is 27.5 Å². The van der Waals surface area contributed by atoms with Gasteiger partial charge in [-0.05, 0) is 42.3 Å². The molecule has 0 unspecified atom stereocenters. The van der Waals surface area contributed by atoms with Gasteiger partial charge in [-0.2, -0.15) is 4.31 Å². The van der Waals surface area contributed by atoms with Crippen molar-refractivity contribution in [1.29, 1.82) is 0 Å². The third-order valence-corrected chi connectivity index (χ3v) is 8.67. The fourth-order valence-corrected chi connectivity index (χ4v) is 6.16. The summed E-state index contributed by atoms with van der Waals surface area (Å²) in [6.07, 6.45) is -0.273. The van der Waals surface area contributed by atoms with Crippen LogP contribution in [0.3, 0.4) is 0 Å². The highest BCUT2D eigenvalue weighted by Gasteiger charge is 2.35. The summed E-state index contributed by atoms with van der Waals surface area (Å²) >= 11 is 0. The van der Waals surface area contributed by atoms with E-state index < -0.39 is 22.0 Å². The van der Waals surface area contributed by atoms with Crippen molar-refractivity contribution in [3.05, 3.63) is 83.9 Å². The number of para-hydroxylation sites is 2. The van der Waals surface area contributed by atoms with E-state index in [2.05, 4.69) is 5.32 Å². The molecule has 1 N–H and O–H groups in total. The number of methoxy groups -OCH3 is 1. The molecule has 0 aromatic heterocycles. The molecule has 1 aliphatic rings. The second kappa shape index (κ2) is 12.3. The minimum absolute atomic E-state index is 0.0306. The maximum atomic E-state index is 13.8. The third-order valence-electron chi connectivity index (χ3n) is 6.60. The monoisotopic (exact) mass is 551 g/mol. The fraction of sp³-hybridized carbons (Fsp3) is 0.310. The first-order valence-corrected chi connectivity index (χ1v) is 14.3. The zero-order valence-electron chi connectivity index (χ0n) is 22.3. The van der Waals surface area contributed by atoms with Crippen LogP contribution in [0.1, 0.15) is 29.8 Å². The van der Waals surface area contributed by atoms with Gasteiger partial charge in [-0.15, -0.1) is 0 Å². The molecule has 2 amide bonds. The maximum absolute atomic E-state index is 13.8. The van der Waals surface area contributed by atoms with Crippen LogP contribution >= 0.6 is 0 Å². The molecule has 0 fully saturated rings. The first-order chi connectivity index (χ1) is 18.8. The number of nitrogens with zero attached hydrogens (tertiary/aromatic N) is 2. The van der Waals surface area contributed by atoms with Crippen LogP contribution in [-0.4, -0.2) is 63.9 Å². The smallest absolute Gasteiger partial charge is 0.262 e. The Hall–Kier alpha value is -3.89. The van der Waals surface area contributed by atoms with E-state index in [1.165, 1.54) is 34.5 Å². The van der Waals surface area contributed by atoms with Gasteiger partial charge in [0.25, 0.3) is 11.8 Å². The lowest BCUT2D eigenvalue weighted by atomic mass is 10.1. The molecule has 9 nitrogen and oxygen atoms in total. The highest BCUT2D eigenvalue weighted by molar-refractivity contribution is 7.89. The Balaban J connectivity index is 1.60. The zero-order valence-corrected chi connectivity index (χ0v) is 23.1. The largest absolute Gasteiger partial charge is 0.495 e. The first kappa shape index (κ1) is 28.1. The van der Waals surface area contributed by atoms with E-state index in [-0.39, 0.29) is 41.7 Å². The van der Waals surface area contributed by atoms with Gasteiger partial charge in [0.1, 0.15) is 16.4 Å². The van der Waals surface area contributed by atoms with E-state index in [0.717, 1.165) is 5.56 Å². The van der Waals surface area contributed by atoms with Crippen LogP contribution in [0.25, 0.3) is 0 Å². The van der Waals surface area contributed by atoms with Crippen molar-refractivity contribution in [3.8, 4) is 11.5 Å². The molecule has 39 heavy (non-hydrogen) atoms. The molecule has 0 saturated heterocycles. The molecule has 1 aliphatic heterocycles. The molecular weight excluding hydrogens is 518 g/mol. The Kier molecular flexibility index (Phi) is 8.88. The molecule has 3 aromatic rings. The lowest BCUT2D eigenvalue weighted by molar-refractivity contribution is -0.127. The molecule has 10 heteroatoms. The number of nitrogens with one attached hydrogen (secondary N) is 1. The van der Waals surface area contributed by atoms with Crippen LogP contribution in [-0.2, 0) is 21.2 Å². The Morgan fingerprint density at radius 2 is 1.72 bits per heavy atom. The summed E-state index contributed by atoms with van der Waals surface area (Å²) in [5.41, 5.74) is 1.75. The predicted octanol–water partition coefficient (Wildman–Crippen LogP) is 3.49. The molecule has 0 aliphatic carbocycles. The molecule has 1 atom stereocenters. The van der Waals surface area contributed by atoms with Gasteiger partial charge in [-0.3, -0.25) is 9.59 Å². The van der Waals surface area contributed by atoms with Gasteiger partial charge in [-0.25, -0.2) is 8.42 Å². The number of carbonyl (C=O) groups is 2. The van der Waals surface area contributed by atoms with Crippen LogP contribution in [0, 0.1) is 0 Å². The topological polar surface area (TPSA) is 105 Å². The van der Waals surface area contributed by atoms with Crippen LogP contribution in [0.2, 0.25) is 0 Å². The number of rotatable bonds is 10. The molecular formula is C29H33N3O6S. The summed E-state index contributed by atoms with van der Waals surface area (Å²) in [5.74, 6) is -0.245. The van der Waals surface area contributed by atoms with Gasteiger partial charge in [0.15, 0.2) is 6.10 Å². The summed E-state index contributed by atoms with van der Waals surface area (Å²) < 4.78 is 39.2. The lowest BCUT2D eigenvalue weighted by Crippen LogP contribution is -2.51. The molecule has 0 saturated carbocycles. The summed E-state index contributed by atoms with van der Waals surface area (Å²) in [5, 5.41) is 2.90. The number of carbonyl (C=O) groups excluding carboxylic acids is 2. The van der Waals surface area contributed by atoms with E-state index in [0.29, 0.717) is 24.4 Å². The van der Waals surface area contributed by atoms with E-state index in [4.69, 9.17) is 9.47 Å². The molecule has 0 spiro atoms. The van der Waals surface area contributed by atoms with Crippen molar-refractivity contribution in [1.82, 2.24) is 9.62 Å². The van der Waals surface area contributed by atoms with Crippen LogP contribution in [0.15, 0.2) is 77.7 Å². The average Bonchev–Trinajstić information content (AvgIpc) is 2.96. The van der Waals surface area contributed by atoms with Crippen molar-refractivity contribution in [2.45, 2.75) is 31.3 Å². The number of hydrogen-bond acceptors (Lipinski definition) is 6. The van der Waals surface area contributed by atoms with E-state index in [1.54, 1.807) is 38.1 Å². The fourth-order valence-electron chi connectivity index (χ4n) is 4.52. The van der Waals surface area contributed by atoms with Gasteiger partial charge in [0.2, 0.25) is 10.0 Å². The molecule has 0 bridgehead atoms. The quantitative estimate of drug-likeness (QED) is 0.414. The van der Waals surface area contributed by atoms with E-state index in [9.17, 15) is 18.0 Å². The minimum Gasteiger partial charge on any atom is -0.495 e. The van der Waals surface area contributed by atoms with Crippen LogP contribution < -0.4 is 19.7 Å². The Bertz CT molecular complexity index is 1420. The summed E-state index contributed by atoms with van der Waals surface area (Å²) in [6, 6.07) is 21.1. The third kappa shape index (κ3) is 6.07. The highest BCUT2D eigenvalue weighted by Crippen LogP contribution is 2.35. The van der Waals surface area contributed by atoms with E-state index in [1.807, 2.05) is 30.3 Å². The molecule has 0 radical (unpaired) electrons. The molecule has 206 valence electrons. The standard InChI is InChI=1S/C29H33N3O6S/c1-4-31(5-2)39(35,36)27-19-22(15-16-25(27)37-3)29(34)32-20-26(38-24-14-10-9-13-23(24)32)28(33)30-18-17-21-11-7-6-8-12-21/h6-16,19,26H,4-5,17-18,20H2,1-3H3,(H,30,33)/t26-/m1/s1. The Labute approximate surface area is 229 Å². The summed E-state index contributed by atoms with van der Waals surface area (Å²) in [4.78, 5) is 28.2. The number of benzene rings is 3. The molecule has 1 heterocycles. The predicted molar refractivity (Wildman–Crippen MR) is 149 cm³/mol. The first-order valence-electron chi connectivity index (χ1n) is 12.9. The van der Waals surface area contributed by atoms with E-state index >= 15 is 0 Å². The lowest BCUT2D eigenvalue weighted by Gasteiger charge is -2.34. The molecule has 3 aromatic carbocycles. The van der Waals surface area contributed by atoms with Crippen molar-refractivity contribution < 1.29 is 27.5 Å². The number of amides is 2. The van der Waals surface area contributed by atoms with Gasteiger partial charge in [0, 0.05) is 25.2 Å². The van der Waals surface area contributed by atoms with Crippen LogP contribution in [0.4, 0.5) is 5.69 Å². The number of fused-ring (bicyclic) bond motifs is 1. The van der Waals surface area contributed by atoms with Crippen molar-refractivity contribution in [2.24, 2.45) is 0 Å². The van der Waals surface area contributed by atoms with Crippen molar-refractivity contribution in [3.63, 3.8) is 0 Å². The van der Waals surface area contributed by atoms with Crippen LogP contribution in [0.5, 0.6) is 11.5 Å². The van der Waals surface area contributed by atoms with Gasteiger partial charge >= 0.3 is 0 Å². The minimum atomic E-state index is -3.90. The number of hydrogen-bond donors (Lipinski definition) is 1. The molecule has 4 rings (SSSR count). The number of ether oxygens (including phenoxy) is 2. The highest BCUT2D eigenvalue weighted by atomic mass is 32.2. The van der Waals surface area contributed by atoms with Crippen molar-refractivity contribution in [2.75, 3.05) is 38.2 Å². The number of anilines is 1. The zero-order chi connectivity index (χ0) is 28.0. The number of sulfonamides is 1. The van der Waals surface area contributed by atoms with Gasteiger partial charge in [0.05, 0.1) is 19.3 Å². The van der Waals surface area contributed by atoms with Gasteiger partial charge < -0.3 is 19.7 Å². The normalized spacial score (nSPS) is 14.9. The average molecular weight is 552 g/mol. The second-order valence-electron chi connectivity index (χ2n) is 8.97. The second-order valence-corrected chi connectivity index (χ2v) is 10.9. The summed E-state index contributed by atoms with van der Waals surface area (Å²) in [7, 11) is -2.51. The Morgan fingerprint density at radius 3 is 2.41 bits per heavy atom. The Morgan fingerprint density at radius 1 is 1.03 bits per heavy atom. The maximum Gasteiger partial charge on any atom is 0.262 e. The SMILES string of the molecule is CCN(CC)S(=O)(=O)c1cc(C(=O)N2C[C@H](C(=O)NCCc3ccccc3)Oc3ccccc32)ccc1OC.